The highest BCUT2D eigenvalue weighted by atomic mass is 19.1. The molecule has 1 aliphatic carbocycles. The van der Waals surface area contributed by atoms with Gasteiger partial charge >= 0.3 is 0 Å². The molecule has 0 spiro atoms. The Morgan fingerprint density at radius 1 is 1.15 bits per heavy atom. The molecule has 2 aromatic carbocycles. The van der Waals surface area contributed by atoms with E-state index in [0.29, 0.717) is 24.6 Å². The maximum atomic E-state index is 14.1. The lowest BCUT2D eigenvalue weighted by Gasteiger charge is -2.38. The van der Waals surface area contributed by atoms with Crippen molar-refractivity contribution in [2.75, 3.05) is 20.2 Å². The normalized spacial score (nSPS) is 17.2. The maximum absolute atomic E-state index is 14.1. The summed E-state index contributed by atoms with van der Waals surface area (Å²) in [5.41, 5.74) is 2.75. The van der Waals surface area contributed by atoms with Crippen molar-refractivity contribution in [2.24, 2.45) is 5.92 Å². The summed E-state index contributed by atoms with van der Waals surface area (Å²) in [5.74, 6) is 0.923. The number of rotatable bonds is 7. The fraction of sp³-hybridized carbons (Fsp3) is 0.333. The highest BCUT2D eigenvalue weighted by molar-refractivity contribution is 5.82. The van der Waals surface area contributed by atoms with Crippen molar-refractivity contribution in [1.82, 2.24) is 9.80 Å². The molecule has 176 valence electrons. The smallest absolute Gasteiger partial charge is 0.260 e. The van der Waals surface area contributed by atoms with Crippen molar-refractivity contribution >= 4 is 11.8 Å². The lowest BCUT2D eigenvalue weighted by atomic mass is 9.87. The van der Waals surface area contributed by atoms with Gasteiger partial charge in [-0.25, -0.2) is 4.39 Å². The van der Waals surface area contributed by atoms with Gasteiger partial charge in [0.15, 0.2) is 6.61 Å². The average molecular weight is 463 g/mol. The monoisotopic (exact) mass is 462 g/mol. The zero-order chi connectivity index (χ0) is 23.7. The molecule has 0 radical (unpaired) electrons. The quantitative estimate of drug-likeness (QED) is 0.524. The topological polar surface area (TPSA) is 63.0 Å². The summed E-state index contributed by atoms with van der Waals surface area (Å²) < 4.78 is 25.3. The first-order chi connectivity index (χ1) is 16.5. The van der Waals surface area contributed by atoms with Gasteiger partial charge in [0.1, 0.15) is 17.3 Å². The first-order valence-corrected chi connectivity index (χ1v) is 11.6. The molecule has 1 unspecified atom stereocenters. The first kappa shape index (κ1) is 22.2. The van der Waals surface area contributed by atoms with Gasteiger partial charge in [0, 0.05) is 19.5 Å². The van der Waals surface area contributed by atoms with Gasteiger partial charge in [-0.15, -0.1) is 0 Å². The number of ether oxygens (including phenoxy) is 1. The molecule has 0 saturated heterocycles. The van der Waals surface area contributed by atoms with Gasteiger partial charge in [-0.1, -0.05) is 18.2 Å². The number of benzene rings is 2. The lowest BCUT2D eigenvalue weighted by molar-refractivity contribution is -0.134. The van der Waals surface area contributed by atoms with Crippen molar-refractivity contribution in [1.29, 1.82) is 0 Å². The molecule has 6 nitrogen and oxygen atoms in total. The van der Waals surface area contributed by atoms with Crippen LogP contribution in [0.3, 0.4) is 0 Å². The Morgan fingerprint density at radius 3 is 2.74 bits per heavy atom. The Bertz CT molecular complexity index is 1190. The molecule has 5 rings (SSSR count). The van der Waals surface area contributed by atoms with Gasteiger partial charge in [0.25, 0.3) is 5.91 Å². The number of halogens is 1. The molecule has 1 saturated carbocycles. The highest BCUT2D eigenvalue weighted by Gasteiger charge is 2.39. The molecular formula is C27H27FN2O4. The van der Waals surface area contributed by atoms with E-state index in [2.05, 4.69) is 0 Å². The maximum Gasteiger partial charge on any atom is 0.260 e. The van der Waals surface area contributed by atoms with Crippen molar-refractivity contribution in [3.63, 3.8) is 0 Å². The van der Waals surface area contributed by atoms with Crippen LogP contribution in [-0.2, 0) is 22.6 Å². The zero-order valence-electron chi connectivity index (χ0n) is 19.1. The van der Waals surface area contributed by atoms with E-state index in [4.69, 9.17) is 9.15 Å². The van der Waals surface area contributed by atoms with Gasteiger partial charge in [0.2, 0.25) is 5.91 Å². The van der Waals surface area contributed by atoms with Crippen LogP contribution in [0.15, 0.2) is 65.3 Å². The summed E-state index contributed by atoms with van der Waals surface area (Å²) in [6.45, 7) is 0.838. The molecule has 1 aliphatic heterocycles. The van der Waals surface area contributed by atoms with E-state index in [0.717, 1.165) is 36.0 Å². The van der Waals surface area contributed by atoms with Crippen LogP contribution < -0.4 is 4.74 Å². The number of carbonyl (C=O) groups excluding carboxylic acids is 2. The number of amides is 2. The van der Waals surface area contributed by atoms with Crippen LogP contribution in [0.25, 0.3) is 0 Å². The average Bonchev–Trinajstić information content (AvgIpc) is 3.57. The van der Waals surface area contributed by atoms with Crippen LogP contribution >= 0.6 is 0 Å². The SMILES string of the molecule is CN(Cc1ccco1)C(=O)COc1ccc2c(c1)C(c1cccc(F)c1)N(C(=O)C1CC1)CC2. The highest BCUT2D eigenvalue weighted by Crippen LogP contribution is 2.41. The predicted octanol–water partition coefficient (Wildman–Crippen LogP) is 4.34. The largest absolute Gasteiger partial charge is 0.484 e. The third-order valence-electron chi connectivity index (χ3n) is 6.48. The fourth-order valence-corrected chi connectivity index (χ4v) is 4.50. The summed E-state index contributed by atoms with van der Waals surface area (Å²) >= 11 is 0. The van der Waals surface area contributed by atoms with Crippen LogP contribution in [0, 0.1) is 11.7 Å². The van der Waals surface area contributed by atoms with Gasteiger partial charge in [0.05, 0.1) is 18.8 Å². The molecular weight excluding hydrogens is 435 g/mol. The predicted molar refractivity (Wildman–Crippen MR) is 124 cm³/mol. The molecule has 7 heteroatoms. The second kappa shape index (κ2) is 9.33. The fourth-order valence-electron chi connectivity index (χ4n) is 4.50. The molecule has 0 bridgehead atoms. The number of nitrogens with zero attached hydrogens (tertiary/aromatic N) is 2. The van der Waals surface area contributed by atoms with Crippen LogP contribution in [0.2, 0.25) is 0 Å². The molecule has 1 atom stereocenters. The third kappa shape index (κ3) is 4.69. The Balaban J connectivity index is 1.37. The lowest BCUT2D eigenvalue weighted by Crippen LogP contribution is -2.41. The molecule has 3 aromatic rings. The van der Waals surface area contributed by atoms with Gasteiger partial charge in [-0.3, -0.25) is 9.59 Å². The molecule has 1 aromatic heterocycles. The van der Waals surface area contributed by atoms with E-state index in [1.165, 1.54) is 12.1 Å². The Hall–Kier alpha value is -3.61. The standard InChI is InChI=1S/C27H27FN2O4/c1-29(16-23-6-3-13-33-23)25(31)17-34-22-10-9-18-11-12-30(27(32)19-7-8-19)26(24(18)15-22)20-4-2-5-21(28)14-20/h2-6,9-10,13-15,19,26H,7-8,11-12,16-17H2,1H3. The van der Waals surface area contributed by atoms with E-state index < -0.39 is 0 Å². The summed E-state index contributed by atoms with van der Waals surface area (Å²) in [4.78, 5) is 29.1. The van der Waals surface area contributed by atoms with E-state index in [1.807, 2.05) is 35.2 Å². The Morgan fingerprint density at radius 2 is 2.00 bits per heavy atom. The van der Waals surface area contributed by atoms with Gasteiger partial charge < -0.3 is 19.0 Å². The summed E-state index contributed by atoms with van der Waals surface area (Å²) in [6, 6.07) is 15.4. The number of likely N-dealkylation sites (N-methyl/N-ethyl adjacent to an activating group) is 1. The van der Waals surface area contributed by atoms with Crippen LogP contribution in [-0.4, -0.2) is 41.8 Å². The van der Waals surface area contributed by atoms with E-state index in [9.17, 15) is 14.0 Å². The molecule has 2 aliphatic rings. The van der Waals surface area contributed by atoms with E-state index in [-0.39, 0.29) is 36.2 Å². The van der Waals surface area contributed by atoms with Crippen molar-refractivity contribution in [3.05, 3.63) is 89.1 Å². The van der Waals surface area contributed by atoms with E-state index >= 15 is 0 Å². The number of hydrogen-bond donors (Lipinski definition) is 0. The van der Waals surface area contributed by atoms with Crippen molar-refractivity contribution in [2.45, 2.75) is 31.8 Å². The Labute approximate surface area is 197 Å². The van der Waals surface area contributed by atoms with Gasteiger partial charge in [-0.2, -0.15) is 0 Å². The minimum Gasteiger partial charge on any atom is -0.484 e. The minimum absolute atomic E-state index is 0.0689. The summed E-state index contributed by atoms with van der Waals surface area (Å²) in [7, 11) is 1.70. The molecule has 2 heterocycles. The number of fused-ring (bicyclic) bond motifs is 1. The second-order valence-corrected chi connectivity index (χ2v) is 8.99. The van der Waals surface area contributed by atoms with Crippen LogP contribution in [0.5, 0.6) is 5.75 Å². The molecule has 2 amide bonds. The molecule has 1 fully saturated rings. The van der Waals surface area contributed by atoms with Gasteiger partial charge in [-0.05, 0) is 72.4 Å². The van der Waals surface area contributed by atoms with Crippen LogP contribution in [0.4, 0.5) is 4.39 Å². The second-order valence-electron chi connectivity index (χ2n) is 8.99. The zero-order valence-corrected chi connectivity index (χ0v) is 19.1. The summed E-state index contributed by atoms with van der Waals surface area (Å²) in [5, 5.41) is 0. The van der Waals surface area contributed by atoms with E-state index in [1.54, 1.807) is 30.3 Å². The number of hydrogen-bond acceptors (Lipinski definition) is 4. The van der Waals surface area contributed by atoms with Crippen molar-refractivity contribution < 1.29 is 23.1 Å². The Kier molecular flexibility index (Phi) is 6.09. The third-order valence-corrected chi connectivity index (χ3v) is 6.48. The number of carbonyl (C=O) groups is 2. The molecule has 0 N–H and O–H groups in total. The van der Waals surface area contributed by atoms with Crippen molar-refractivity contribution in [3.8, 4) is 5.75 Å². The summed E-state index contributed by atoms with van der Waals surface area (Å²) in [6.07, 6.45) is 4.12. The molecule has 34 heavy (non-hydrogen) atoms. The minimum atomic E-state index is -0.381. The number of furan rings is 1. The first-order valence-electron chi connectivity index (χ1n) is 11.6. The van der Waals surface area contributed by atoms with Crippen LogP contribution in [0.1, 0.15) is 41.3 Å².